The molecule has 0 saturated carbocycles. The molecule has 1 atom stereocenters. The van der Waals surface area contributed by atoms with Gasteiger partial charge in [0.15, 0.2) is 0 Å². The third-order valence-corrected chi connectivity index (χ3v) is 1.56. The van der Waals surface area contributed by atoms with Crippen LogP contribution in [0.3, 0.4) is 0 Å². The van der Waals surface area contributed by atoms with E-state index in [1.807, 2.05) is 0 Å². The van der Waals surface area contributed by atoms with Gasteiger partial charge in [0.1, 0.15) is 6.61 Å². The van der Waals surface area contributed by atoms with Crippen molar-refractivity contribution in [2.75, 3.05) is 19.8 Å². The van der Waals surface area contributed by atoms with Gasteiger partial charge >= 0.3 is 5.97 Å². The van der Waals surface area contributed by atoms with Crippen LogP contribution in [0.15, 0.2) is 0 Å². The van der Waals surface area contributed by atoms with E-state index in [2.05, 4.69) is 0 Å². The van der Waals surface area contributed by atoms with E-state index < -0.39 is 5.97 Å². The molecule has 4 heteroatoms. The summed E-state index contributed by atoms with van der Waals surface area (Å²) in [6.07, 6.45) is 1.86. The minimum absolute atomic E-state index is 0.0140. The third kappa shape index (κ3) is 3.34. The predicted octanol–water partition coefficient (Wildman–Crippen LogP) is 0.267. The molecule has 1 heterocycles. The Labute approximate surface area is 65.1 Å². The summed E-state index contributed by atoms with van der Waals surface area (Å²) in [5.41, 5.74) is 0. The zero-order chi connectivity index (χ0) is 8.10. The number of aliphatic carboxylic acids is 1. The number of carboxylic acid groups (broad SMARTS) is 1. The second-order valence-corrected chi connectivity index (χ2v) is 2.54. The van der Waals surface area contributed by atoms with Crippen LogP contribution in [0.2, 0.25) is 0 Å². The van der Waals surface area contributed by atoms with Crippen LogP contribution in [0, 0.1) is 0 Å². The van der Waals surface area contributed by atoms with Gasteiger partial charge in [0.25, 0.3) is 0 Å². The lowest BCUT2D eigenvalue weighted by Gasteiger charge is -2.21. The van der Waals surface area contributed by atoms with Gasteiger partial charge in [-0.3, -0.25) is 0 Å². The fraction of sp³-hybridized carbons (Fsp3) is 0.857. The summed E-state index contributed by atoms with van der Waals surface area (Å²) < 4.78 is 10.1. The first-order chi connectivity index (χ1) is 5.29. The van der Waals surface area contributed by atoms with Crippen molar-refractivity contribution in [1.29, 1.82) is 0 Å². The smallest absolute Gasteiger partial charge is 0.329 e. The van der Waals surface area contributed by atoms with E-state index in [0.717, 1.165) is 19.4 Å². The Morgan fingerprint density at radius 2 is 2.55 bits per heavy atom. The molecule has 1 rings (SSSR count). The first-order valence-corrected chi connectivity index (χ1v) is 3.70. The summed E-state index contributed by atoms with van der Waals surface area (Å²) in [6.45, 7) is 1.09. The summed E-state index contributed by atoms with van der Waals surface area (Å²) >= 11 is 0. The lowest BCUT2D eigenvalue weighted by Crippen LogP contribution is -2.27. The van der Waals surface area contributed by atoms with Crippen molar-refractivity contribution in [3.05, 3.63) is 0 Å². The van der Waals surface area contributed by atoms with Crippen molar-refractivity contribution < 1.29 is 19.4 Å². The van der Waals surface area contributed by atoms with E-state index >= 15 is 0 Å². The molecule has 0 amide bonds. The van der Waals surface area contributed by atoms with Crippen molar-refractivity contribution in [2.45, 2.75) is 18.9 Å². The second-order valence-electron chi connectivity index (χ2n) is 2.54. The van der Waals surface area contributed by atoms with Crippen molar-refractivity contribution in [1.82, 2.24) is 0 Å². The van der Waals surface area contributed by atoms with Gasteiger partial charge < -0.3 is 14.6 Å². The van der Waals surface area contributed by atoms with E-state index in [-0.39, 0.29) is 12.7 Å². The lowest BCUT2D eigenvalue weighted by molar-refractivity contribution is -0.147. The molecular formula is C7H12O4. The topological polar surface area (TPSA) is 55.8 Å². The zero-order valence-electron chi connectivity index (χ0n) is 6.28. The Balaban J connectivity index is 2.09. The van der Waals surface area contributed by atoms with Gasteiger partial charge in [0.05, 0.1) is 12.7 Å². The van der Waals surface area contributed by atoms with Crippen LogP contribution in [0.25, 0.3) is 0 Å². The number of rotatable bonds is 3. The maximum atomic E-state index is 10.1. The Hall–Kier alpha value is -0.610. The van der Waals surface area contributed by atoms with Crippen molar-refractivity contribution >= 4 is 5.97 Å². The van der Waals surface area contributed by atoms with Crippen LogP contribution >= 0.6 is 0 Å². The van der Waals surface area contributed by atoms with Crippen LogP contribution in [-0.2, 0) is 14.3 Å². The highest BCUT2D eigenvalue weighted by molar-refractivity contribution is 5.68. The highest BCUT2D eigenvalue weighted by atomic mass is 16.5. The van der Waals surface area contributed by atoms with Gasteiger partial charge in [-0.15, -0.1) is 0 Å². The van der Waals surface area contributed by atoms with Gasteiger partial charge in [-0.05, 0) is 12.8 Å². The molecule has 1 fully saturated rings. The molecule has 1 aliphatic heterocycles. The SMILES string of the molecule is O=C(O)CO[C@@H]1CCCOC1. The zero-order valence-corrected chi connectivity index (χ0v) is 6.28. The van der Waals surface area contributed by atoms with E-state index in [4.69, 9.17) is 14.6 Å². The van der Waals surface area contributed by atoms with Crippen LogP contribution in [0.4, 0.5) is 0 Å². The van der Waals surface area contributed by atoms with Gasteiger partial charge in [-0.1, -0.05) is 0 Å². The van der Waals surface area contributed by atoms with Crippen molar-refractivity contribution in [2.24, 2.45) is 0 Å². The van der Waals surface area contributed by atoms with Crippen LogP contribution in [0.1, 0.15) is 12.8 Å². The lowest BCUT2D eigenvalue weighted by atomic mass is 10.2. The average molecular weight is 160 g/mol. The molecule has 1 aliphatic rings. The van der Waals surface area contributed by atoms with E-state index in [0.29, 0.717) is 6.61 Å². The molecule has 0 unspecified atom stereocenters. The molecular weight excluding hydrogens is 148 g/mol. The predicted molar refractivity (Wildman–Crippen MR) is 37.4 cm³/mol. The van der Waals surface area contributed by atoms with E-state index in [1.54, 1.807) is 0 Å². The van der Waals surface area contributed by atoms with Crippen molar-refractivity contribution in [3.63, 3.8) is 0 Å². The molecule has 0 spiro atoms. The number of hydrogen-bond acceptors (Lipinski definition) is 3. The summed E-state index contributed by atoms with van der Waals surface area (Å²) in [5.74, 6) is -0.921. The first-order valence-electron chi connectivity index (χ1n) is 3.70. The Bertz CT molecular complexity index is 128. The number of ether oxygens (including phenoxy) is 2. The van der Waals surface area contributed by atoms with E-state index in [1.165, 1.54) is 0 Å². The summed E-state index contributed by atoms with van der Waals surface area (Å²) in [6, 6.07) is 0. The minimum atomic E-state index is -0.921. The standard InChI is InChI=1S/C7H12O4/c8-7(9)5-11-6-2-1-3-10-4-6/h6H,1-5H2,(H,8,9)/t6-/m1/s1. The monoisotopic (exact) mass is 160 g/mol. The molecule has 64 valence electrons. The Kier molecular flexibility index (Phi) is 3.32. The molecule has 4 nitrogen and oxygen atoms in total. The highest BCUT2D eigenvalue weighted by Crippen LogP contribution is 2.08. The van der Waals surface area contributed by atoms with E-state index in [9.17, 15) is 4.79 Å². The molecule has 1 saturated heterocycles. The fourth-order valence-electron chi connectivity index (χ4n) is 1.03. The molecule has 0 bridgehead atoms. The molecule has 0 radical (unpaired) electrons. The Morgan fingerprint density at radius 3 is 3.09 bits per heavy atom. The number of carboxylic acids is 1. The number of carbonyl (C=O) groups is 1. The summed E-state index contributed by atoms with van der Waals surface area (Å²) in [7, 11) is 0. The Morgan fingerprint density at radius 1 is 1.73 bits per heavy atom. The number of hydrogen-bond donors (Lipinski definition) is 1. The molecule has 1 N–H and O–H groups in total. The van der Waals surface area contributed by atoms with Gasteiger partial charge in [-0.25, -0.2) is 4.79 Å². The van der Waals surface area contributed by atoms with Crippen LogP contribution < -0.4 is 0 Å². The summed E-state index contributed by atoms with van der Waals surface area (Å²) in [5, 5.41) is 8.28. The first kappa shape index (κ1) is 8.49. The second kappa shape index (κ2) is 4.31. The van der Waals surface area contributed by atoms with Crippen LogP contribution in [0.5, 0.6) is 0 Å². The average Bonchev–Trinajstić information content (AvgIpc) is 2.03. The van der Waals surface area contributed by atoms with Gasteiger partial charge in [0, 0.05) is 6.61 Å². The van der Waals surface area contributed by atoms with Gasteiger partial charge in [-0.2, -0.15) is 0 Å². The summed E-state index contributed by atoms with van der Waals surface area (Å²) in [4.78, 5) is 10.1. The quantitative estimate of drug-likeness (QED) is 0.643. The maximum Gasteiger partial charge on any atom is 0.329 e. The molecule has 0 aromatic rings. The van der Waals surface area contributed by atoms with Crippen molar-refractivity contribution in [3.8, 4) is 0 Å². The maximum absolute atomic E-state index is 10.1. The van der Waals surface area contributed by atoms with Gasteiger partial charge in [0.2, 0.25) is 0 Å². The normalized spacial score (nSPS) is 24.9. The highest BCUT2D eigenvalue weighted by Gasteiger charge is 2.14. The third-order valence-electron chi connectivity index (χ3n) is 1.56. The molecule has 0 aromatic carbocycles. The minimum Gasteiger partial charge on any atom is -0.480 e. The largest absolute Gasteiger partial charge is 0.480 e. The molecule has 11 heavy (non-hydrogen) atoms. The molecule has 0 aliphatic carbocycles. The van der Waals surface area contributed by atoms with Crippen LogP contribution in [-0.4, -0.2) is 37.0 Å². The fourth-order valence-corrected chi connectivity index (χ4v) is 1.03. The molecule has 0 aromatic heterocycles.